The number of halogens is 1. The van der Waals surface area contributed by atoms with Crippen LogP contribution in [0.25, 0.3) is 22.3 Å². The lowest BCUT2D eigenvalue weighted by molar-refractivity contribution is 0.210. The molecule has 0 fully saturated rings. The lowest BCUT2D eigenvalue weighted by atomic mass is 10.1. The number of nitrogens with zero attached hydrogens (tertiary/aromatic N) is 1. The van der Waals surface area contributed by atoms with E-state index in [-0.39, 0.29) is 17.9 Å². The summed E-state index contributed by atoms with van der Waals surface area (Å²) in [4.78, 5) is 17.5. The molecule has 0 spiro atoms. The second-order valence-electron chi connectivity index (χ2n) is 6.52. The Morgan fingerprint density at radius 1 is 1.00 bits per heavy atom. The Morgan fingerprint density at radius 3 is 2.50 bits per heavy atom. The third kappa shape index (κ3) is 4.22. The van der Waals surface area contributed by atoms with E-state index in [2.05, 4.69) is 5.16 Å². The van der Waals surface area contributed by atoms with Crippen molar-refractivity contribution in [1.29, 1.82) is 0 Å². The minimum absolute atomic E-state index is 0.0818. The quantitative estimate of drug-likeness (QED) is 0.335. The summed E-state index contributed by atoms with van der Waals surface area (Å²) < 4.78 is 24.9. The SMILES string of the molecule is CO/N=C(\COc1ccc2oc(-c3ccccc3)cc(=O)c2c1)c1ccc(F)cc1. The van der Waals surface area contributed by atoms with Crippen LogP contribution in [-0.4, -0.2) is 19.4 Å². The van der Waals surface area contributed by atoms with Crippen molar-refractivity contribution in [3.8, 4) is 17.1 Å². The maximum Gasteiger partial charge on any atom is 0.193 e. The molecule has 3 aromatic carbocycles. The number of ether oxygens (including phenoxy) is 1. The van der Waals surface area contributed by atoms with E-state index in [0.717, 1.165) is 5.56 Å². The largest absolute Gasteiger partial charge is 0.487 e. The predicted octanol–water partition coefficient (Wildman–Crippen LogP) is 5.03. The second kappa shape index (κ2) is 8.61. The molecule has 5 nitrogen and oxygen atoms in total. The summed E-state index contributed by atoms with van der Waals surface area (Å²) in [6, 6.07) is 21.8. The summed E-state index contributed by atoms with van der Waals surface area (Å²) in [5, 5.41) is 4.37. The van der Waals surface area contributed by atoms with E-state index in [9.17, 15) is 9.18 Å². The maximum atomic E-state index is 13.2. The molecule has 1 heterocycles. The molecule has 4 aromatic rings. The molecule has 0 amide bonds. The zero-order valence-electron chi connectivity index (χ0n) is 16.2. The monoisotopic (exact) mass is 403 g/mol. The molecular formula is C24H18FNO4. The number of benzene rings is 3. The molecule has 0 saturated heterocycles. The highest BCUT2D eigenvalue weighted by Gasteiger charge is 2.10. The molecule has 0 aliphatic rings. The molecule has 0 aliphatic heterocycles. The molecule has 4 rings (SSSR count). The fourth-order valence-electron chi connectivity index (χ4n) is 3.04. The van der Waals surface area contributed by atoms with E-state index in [0.29, 0.717) is 33.8 Å². The number of oxime groups is 1. The summed E-state index contributed by atoms with van der Waals surface area (Å²) in [7, 11) is 1.43. The van der Waals surface area contributed by atoms with Crippen molar-refractivity contribution >= 4 is 16.7 Å². The molecular weight excluding hydrogens is 385 g/mol. The van der Waals surface area contributed by atoms with E-state index in [1.807, 2.05) is 30.3 Å². The first-order chi connectivity index (χ1) is 14.6. The Kier molecular flexibility index (Phi) is 5.57. The molecule has 30 heavy (non-hydrogen) atoms. The van der Waals surface area contributed by atoms with E-state index < -0.39 is 0 Å². The molecule has 0 aliphatic carbocycles. The van der Waals surface area contributed by atoms with Crippen LogP contribution >= 0.6 is 0 Å². The van der Waals surface area contributed by atoms with Crippen LogP contribution in [0.2, 0.25) is 0 Å². The Morgan fingerprint density at radius 2 is 1.77 bits per heavy atom. The summed E-state index contributed by atoms with van der Waals surface area (Å²) in [5.41, 5.74) is 2.30. The van der Waals surface area contributed by atoms with Gasteiger partial charge in [-0.2, -0.15) is 0 Å². The van der Waals surface area contributed by atoms with Crippen molar-refractivity contribution in [1.82, 2.24) is 0 Å². The third-order valence-electron chi connectivity index (χ3n) is 4.51. The van der Waals surface area contributed by atoms with Crippen LogP contribution in [0.1, 0.15) is 5.56 Å². The van der Waals surface area contributed by atoms with Gasteiger partial charge >= 0.3 is 0 Å². The molecule has 0 N–H and O–H groups in total. The van der Waals surface area contributed by atoms with E-state index in [4.69, 9.17) is 14.0 Å². The van der Waals surface area contributed by atoms with Crippen molar-refractivity contribution in [2.24, 2.45) is 5.16 Å². The van der Waals surface area contributed by atoms with Gasteiger partial charge in [0.05, 0.1) is 5.39 Å². The van der Waals surface area contributed by atoms with Crippen molar-refractivity contribution in [2.45, 2.75) is 0 Å². The van der Waals surface area contributed by atoms with Crippen LogP contribution in [0.4, 0.5) is 4.39 Å². The van der Waals surface area contributed by atoms with Crippen LogP contribution in [0, 0.1) is 5.82 Å². The zero-order valence-corrected chi connectivity index (χ0v) is 16.2. The molecule has 0 saturated carbocycles. The summed E-state index contributed by atoms with van der Waals surface area (Å²) >= 11 is 0. The highest BCUT2D eigenvalue weighted by molar-refractivity contribution is 6.01. The van der Waals surface area contributed by atoms with Crippen molar-refractivity contribution in [3.63, 3.8) is 0 Å². The van der Waals surface area contributed by atoms with Gasteiger partial charge in [0, 0.05) is 17.2 Å². The molecule has 150 valence electrons. The summed E-state index contributed by atoms with van der Waals surface area (Å²) in [5.74, 6) is 0.647. The maximum absolute atomic E-state index is 13.2. The lowest BCUT2D eigenvalue weighted by Crippen LogP contribution is -2.14. The van der Waals surface area contributed by atoms with E-state index >= 15 is 0 Å². The van der Waals surface area contributed by atoms with Crippen LogP contribution < -0.4 is 10.2 Å². The lowest BCUT2D eigenvalue weighted by Gasteiger charge is -2.10. The minimum atomic E-state index is -0.340. The number of hydrogen-bond donors (Lipinski definition) is 0. The zero-order chi connectivity index (χ0) is 20.9. The van der Waals surface area contributed by atoms with Crippen molar-refractivity contribution in [2.75, 3.05) is 13.7 Å². The highest BCUT2D eigenvalue weighted by atomic mass is 19.1. The van der Waals surface area contributed by atoms with Gasteiger partial charge in [-0.3, -0.25) is 4.79 Å². The fraction of sp³-hybridized carbons (Fsp3) is 0.0833. The van der Waals surface area contributed by atoms with Crippen LogP contribution in [-0.2, 0) is 4.84 Å². The van der Waals surface area contributed by atoms with Gasteiger partial charge < -0.3 is 14.0 Å². The number of fused-ring (bicyclic) bond motifs is 1. The van der Waals surface area contributed by atoms with Gasteiger partial charge in [0.1, 0.15) is 42.3 Å². The van der Waals surface area contributed by atoms with Gasteiger partial charge in [-0.25, -0.2) is 4.39 Å². The van der Waals surface area contributed by atoms with Crippen LogP contribution in [0.15, 0.2) is 93.2 Å². The first-order valence-electron chi connectivity index (χ1n) is 9.26. The Balaban J connectivity index is 1.59. The molecule has 6 heteroatoms. The van der Waals surface area contributed by atoms with Gasteiger partial charge in [0.15, 0.2) is 5.43 Å². The van der Waals surface area contributed by atoms with Crippen LogP contribution in [0.5, 0.6) is 5.75 Å². The average molecular weight is 403 g/mol. The Hall–Kier alpha value is -3.93. The second-order valence-corrected chi connectivity index (χ2v) is 6.52. The van der Waals surface area contributed by atoms with Crippen molar-refractivity contribution < 1.29 is 18.4 Å². The molecule has 0 bridgehead atoms. The molecule has 0 unspecified atom stereocenters. The third-order valence-corrected chi connectivity index (χ3v) is 4.51. The number of rotatable bonds is 6. The highest BCUT2D eigenvalue weighted by Crippen LogP contribution is 2.24. The summed E-state index contributed by atoms with van der Waals surface area (Å²) in [6.07, 6.45) is 0. The standard InChI is InChI=1S/C24H18FNO4/c1-28-26-21(16-7-9-18(25)10-8-16)15-29-19-11-12-23-20(13-19)22(27)14-24(30-23)17-5-3-2-4-6-17/h2-14H,15H2,1H3/b26-21+. The normalized spacial score (nSPS) is 11.5. The Bertz CT molecular complexity index is 1250. The first kappa shape index (κ1) is 19.4. The smallest absolute Gasteiger partial charge is 0.193 e. The van der Waals surface area contributed by atoms with Crippen LogP contribution in [0.3, 0.4) is 0 Å². The molecule has 0 radical (unpaired) electrons. The Labute approximate surface area is 172 Å². The van der Waals surface area contributed by atoms with Gasteiger partial charge in [-0.15, -0.1) is 0 Å². The summed E-state index contributed by atoms with van der Waals surface area (Å²) in [6.45, 7) is 0.0818. The predicted molar refractivity (Wildman–Crippen MR) is 113 cm³/mol. The van der Waals surface area contributed by atoms with Gasteiger partial charge in [0.25, 0.3) is 0 Å². The van der Waals surface area contributed by atoms with Gasteiger partial charge in [-0.05, 0) is 42.5 Å². The van der Waals surface area contributed by atoms with E-state index in [1.165, 1.54) is 25.3 Å². The van der Waals surface area contributed by atoms with Gasteiger partial charge in [-0.1, -0.05) is 35.5 Å². The van der Waals surface area contributed by atoms with Gasteiger partial charge in [0.2, 0.25) is 0 Å². The van der Waals surface area contributed by atoms with Crippen molar-refractivity contribution in [3.05, 3.63) is 100 Å². The topological polar surface area (TPSA) is 61.0 Å². The minimum Gasteiger partial charge on any atom is -0.487 e. The molecule has 1 aromatic heterocycles. The van der Waals surface area contributed by atoms with E-state index in [1.54, 1.807) is 30.3 Å². The average Bonchev–Trinajstić information content (AvgIpc) is 2.78. The fourth-order valence-corrected chi connectivity index (χ4v) is 3.04. The molecule has 0 atom stereocenters. The first-order valence-corrected chi connectivity index (χ1v) is 9.26. The number of hydrogen-bond acceptors (Lipinski definition) is 5.